The van der Waals surface area contributed by atoms with Crippen LogP contribution >= 0.6 is 0 Å². The lowest BCUT2D eigenvalue weighted by Crippen LogP contribution is -2.10. The number of rotatable bonds is 17. The highest BCUT2D eigenvalue weighted by Crippen LogP contribution is 2.10. The van der Waals surface area contributed by atoms with Crippen molar-refractivity contribution in [2.45, 2.75) is 91.4 Å². The van der Waals surface area contributed by atoms with Crippen LogP contribution in [-0.2, 0) is 9.47 Å². The number of unbranched alkanes of at least 4 members (excludes halogenated alkanes) is 9. The van der Waals surface area contributed by atoms with Gasteiger partial charge in [0.25, 0.3) is 0 Å². The Hall–Kier alpha value is -0.0800. The second kappa shape index (κ2) is 18.0. The molecule has 0 rings (SSSR count). The molecule has 21 heavy (non-hydrogen) atoms. The monoisotopic (exact) mass is 300 g/mol. The maximum atomic E-state index is 5.60. The molecule has 1 atom stereocenters. The average Bonchev–Trinajstić information content (AvgIpc) is 2.50. The number of ether oxygens (including phenoxy) is 2. The molecule has 0 saturated heterocycles. The first-order valence-corrected chi connectivity index (χ1v) is 9.46. The molecule has 0 heterocycles. The summed E-state index contributed by atoms with van der Waals surface area (Å²) >= 11 is 0. The fourth-order valence-corrected chi connectivity index (χ4v) is 2.31. The maximum Gasteiger partial charge on any atom is 0.0700 e. The van der Waals surface area contributed by atoms with E-state index in [1.54, 1.807) is 0 Å². The quantitative estimate of drug-likeness (QED) is 0.307. The van der Waals surface area contributed by atoms with E-state index in [0.29, 0.717) is 5.92 Å². The zero-order valence-corrected chi connectivity index (χ0v) is 15.0. The van der Waals surface area contributed by atoms with E-state index in [9.17, 15) is 0 Å². The van der Waals surface area contributed by atoms with E-state index in [4.69, 9.17) is 9.47 Å². The van der Waals surface area contributed by atoms with Crippen molar-refractivity contribution in [2.75, 3.05) is 26.4 Å². The number of hydrogen-bond acceptors (Lipinski definition) is 2. The first kappa shape index (κ1) is 20.9. The van der Waals surface area contributed by atoms with Crippen molar-refractivity contribution >= 4 is 0 Å². The molecular formula is C19H40O2. The van der Waals surface area contributed by atoms with Gasteiger partial charge in [-0.15, -0.1) is 0 Å². The molecule has 128 valence electrons. The van der Waals surface area contributed by atoms with Gasteiger partial charge in [-0.1, -0.05) is 85.0 Å². The van der Waals surface area contributed by atoms with Gasteiger partial charge >= 0.3 is 0 Å². The third-order valence-electron chi connectivity index (χ3n) is 4.11. The Labute approximate surface area is 134 Å². The van der Waals surface area contributed by atoms with Crippen molar-refractivity contribution < 1.29 is 9.47 Å². The van der Waals surface area contributed by atoms with Crippen molar-refractivity contribution in [1.82, 2.24) is 0 Å². The third-order valence-corrected chi connectivity index (χ3v) is 4.11. The van der Waals surface area contributed by atoms with E-state index in [1.165, 1.54) is 70.6 Å². The van der Waals surface area contributed by atoms with Gasteiger partial charge in [0.1, 0.15) is 0 Å². The summed E-state index contributed by atoms with van der Waals surface area (Å²) < 4.78 is 11.2. The van der Waals surface area contributed by atoms with Crippen LogP contribution in [0.1, 0.15) is 91.4 Å². The summed E-state index contributed by atoms with van der Waals surface area (Å²) in [5, 5.41) is 0. The Kier molecular flexibility index (Phi) is 17.9. The topological polar surface area (TPSA) is 18.5 Å². The van der Waals surface area contributed by atoms with Crippen LogP contribution in [-0.4, -0.2) is 26.4 Å². The Morgan fingerprint density at radius 2 is 1.14 bits per heavy atom. The summed E-state index contributed by atoms with van der Waals surface area (Å²) in [6, 6.07) is 0. The molecule has 0 aliphatic carbocycles. The minimum absolute atomic E-state index is 0.673. The van der Waals surface area contributed by atoms with E-state index in [0.717, 1.165) is 26.4 Å². The molecule has 0 N–H and O–H groups in total. The Morgan fingerprint density at radius 1 is 0.619 bits per heavy atom. The minimum atomic E-state index is 0.673. The predicted octanol–water partition coefficient (Wildman–Crippen LogP) is 5.99. The minimum Gasteiger partial charge on any atom is -0.379 e. The Balaban J connectivity index is 2.96. The van der Waals surface area contributed by atoms with E-state index in [2.05, 4.69) is 20.8 Å². The standard InChI is InChI=1S/C19H40O2/c1-4-6-7-8-9-10-11-12-13-14-15-20-16-17-21-18-19(3)5-2/h19H,4-18H2,1-3H3. The summed E-state index contributed by atoms with van der Waals surface area (Å²) in [6.07, 6.45) is 15.0. The molecule has 0 aromatic heterocycles. The van der Waals surface area contributed by atoms with Crippen LogP contribution in [0.25, 0.3) is 0 Å². The molecule has 0 bridgehead atoms. The highest BCUT2D eigenvalue weighted by atomic mass is 16.5. The van der Waals surface area contributed by atoms with Crippen molar-refractivity contribution in [1.29, 1.82) is 0 Å². The Bertz CT molecular complexity index is 182. The van der Waals surface area contributed by atoms with Gasteiger partial charge in [0.2, 0.25) is 0 Å². The Morgan fingerprint density at radius 3 is 1.71 bits per heavy atom. The van der Waals surface area contributed by atoms with Crippen LogP contribution < -0.4 is 0 Å². The SMILES string of the molecule is CCCCCCCCCCCCOCCOCC(C)CC. The zero-order chi connectivity index (χ0) is 15.6. The van der Waals surface area contributed by atoms with Gasteiger partial charge in [-0.3, -0.25) is 0 Å². The normalized spacial score (nSPS) is 12.7. The van der Waals surface area contributed by atoms with E-state index in [1.807, 2.05) is 0 Å². The summed E-state index contributed by atoms with van der Waals surface area (Å²) in [6.45, 7) is 10.00. The van der Waals surface area contributed by atoms with Crippen LogP contribution in [0.4, 0.5) is 0 Å². The van der Waals surface area contributed by atoms with Crippen molar-refractivity contribution in [3.05, 3.63) is 0 Å². The second-order valence-corrected chi connectivity index (χ2v) is 6.38. The van der Waals surface area contributed by atoms with Crippen molar-refractivity contribution in [3.8, 4) is 0 Å². The van der Waals surface area contributed by atoms with Gasteiger partial charge in [-0.25, -0.2) is 0 Å². The molecule has 0 fully saturated rings. The van der Waals surface area contributed by atoms with Gasteiger partial charge in [-0.2, -0.15) is 0 Å². The largest absolute Gasteiger partial charge is 0.379 e. The van der Waals surface area contributed by atoms with Gasteiger partial charge < -0.3 is 9.47 Å². The van der Waals surface area contributed by atoms with Crippen molar-refractivity contribution in [2.24, 2.45) is 5.92 Å². The van der Waals surface area contributed by atoms with E-state index < -0.39 is 0 Å². The van der Waals surface area contributed by atoms with Crippen molar-refractivity contribution in [3.63, 3.8) is 0 Å². The molecule has 0 aromatic rings. The fraction of sp³-hybridized carbons (Fsp3) is 1.00. The van der Waals surface area contributed by atoms with E-state index in [-0.39, 0.29) is 0 Å². The summed E-state index contributed by atoms with van der Waals surface area (Å²) in [5.74, 6) is 0.673. The fourth-order valence-electron chi connectivity index (χ4n) is 2.31. The molecule has 2 heteroatoms. The lowest BCUT2D eigenvalue weighted by molar-refractivity contribution is 0.0340. The van der Waals surface area contributed by atoms with Gasteiger partial charge in [0.05, 0.1) is 13.2 Å². The van der Waals surface area contributed by atoms with Crippen LogP contribution in [0.15, 0.2) is 0 Å². The lowest BCUT2D eigenvalue weighted by atomic mass is 10.1. The maximum absolute atomic E-state index is 5.60. The lowest BCUT2D eigenvalue weighted by Gasteiger charge is -2.09. The molecule has 2 nitrogen and oxygen atoms in total. The highest BCUT2D eigenvalue weighted by Gasteiger charge is 1.98. The molecule has 0 aliphatic rings. The zero-order valence-electron chi connectivity index (χ0n) is 15.0. The summed E-state index contributed by atoms with van der Waals surface area (Å²) in [5.41, 5.74) is 0. The molecule has 0 spiro atoms. The molecule has 0 aliphatic heterocycles. The molecular weight excluding hydrogens is 260 g/mol. The third kappa shape index (κ3) is 17.9. The molecule has 0 amide bonds. The van der Waals surface area contributed by atoms with Gasteiger partial charge in [-0.05, 0) is 12.3 Å². The second-order valence-electron chi connectivity index (χ2n) is 6.38. The first-order valence-electron chi connectivity index (χ1n) is 9.46. The predicted molar refractivity (Wildman–Crippen MR) is 92.9 cm³/mol. The average molecular weight is 301 g/mol. The van der Waals surface area contributed by atoms with Crippen LogP contribution in [0, 0.1) is 5.92 Å². The van der Waals surface area contributed by atoms with Crippen LogP contribution in [0.5, 0.6) is 0 Å². The molecule has 0 saturated carbocycles. The molecule has 0 aromatic carbocycles. The van der Waals surface area contributed by atoms with E-state index >= 15 is 0 Å². The smallest absolute Gasteiger partial charge is 0.0700 e. The highest BCUT2D eigenvalue weighted by molar-refractivity contribution is 4.48. The summed E-state index contributed by atoms with van der Waals surface area (Å²) in [7, 11) is 0. The van der Waals surface area contributed by atoms with Gasteiger partial charge in [0, 0.05) is 13.2 Å². The summed E-state index contributed by atoms with van der Waals surface area (Å²) in [4.78, 5) is 0. The molecule has 1 unspecified atom stereocenters. The first-order chi connectivity index (χ1) is 10.3. The number of hydrogen-bond donors (Lipinski definition) is 0. The van der Waals surface area contributed by atoms with Gasteiger partial charge in [0.15, 0.2) is 0 Å². The van der Waals surface area contributed by atoms with Crippen LogP contribution in [0.2, 0.25) is 0 Å². The molecule has 0 radical (unpaired) electrons. The van der Waals surface area contributed by atoms with Crippen LogP contribution in [0.3, 0.4) is 0 Å².